The number of para-hydroxylation sites is 2. The second-order valence-electron chi connectivity index (χ2n) is 5.97. The maximum absolute atomic E-state index is 12.3. The Hall–Kier alpha value is -3.33. The van der Waals surface area contributed by atoms with Crippen molar-refractivity contribution in [2.45, 2.75) is 11.7 Å². The van der Waals surface area contributed by atoms with E-state index in [-0.39, 0.29) is 18.2 Å². The van der Waals surface area contributed by atoms with Crippen LogP contribution in [0, 0.1) is 0 Å². The van der Waals surface area contributed by atoms with E-state index >= 15 is 0 Å². The lowest BCUT2D eigenvalue weighted by atomic mass is 10.2. The van der Waals surface area contributed by atoms with Crippen LogP contribution in [0.2, 0.25) is 0 Å². The van der Waals surface area contributed by atoms with Crippen LogP contribution in [0.25, 0.3) is 0 Å². The molecule has 1 fully saturated rings. The van der Waals surface area contributed by atoms with Gasteiger partial charge >= 0.3 is 0 Å². The van der Waals surface area contributed by atoms with Gasteiger partial charge in [-0.15, -0.1) is 5.10 Å². The van der Waals surface area contributed by atoms with Crippen LogP contribution >= 0.6 is 11.8 Å². The third-order valence-corrected chi connectivity index (χ3v) is 5.07. The van der Waals surface area contributed by atoms with E-state index in [4.69, 9.17) is 9.47 Å². The molecule has 0 aliphatic carbocycles. The van der Waals surface area contributed by atoms with Crippen LogP contribution in [-0.4, -0.2) is 42.7 Å². The van der Waals surface area contributed by atoms with E-state index in [0.717, 1.165) is 11.3 Å². The number of carbonyl (C=O) groups is 2. The first-order valence-electron chi connectivity index (χ1n) is 8.74. The summed E-state index contributed by atoms with van der Waals surface area (Å²) in [5, 5.41) is 13.2. The van der Waals surface area contributed by atoms with Gasteiger partial charge in [0.15, 0.2) is 5.17 Å². The lowest BCUT2D eigenvalue weighted by Gasteiger charge is -2.10. The molecule has 2 aromatic rings. The molecule has 2 N–H and O–H groups in total. The Kier molecular flexibility index (Phi) is 6.85. The number of amides is 2. The standard InChI is InChI=1S/C20H20N4O4S/c1-27-14-9-7-13(8-10-14)12-21-24-20-23-19(26)17(29-20)11-18(25)22-15-5-3-4-6-16(15)28-2/h3-10,12,17H,11H2,1-2H3,(H,22,25)(H,23,24,26)/b21-12-/t17-/m1/s1. The first kappa shape index (κ1) is 20.4. The third-order valence-electron chi connectivity index (χ3n) is 4.00. The lowest BCUT2D eigenvalue weighted by Crippen LogP contribution is -2.28. The second kappa shape index (κ2) is 9.74. The highest BCUT2D eigenvalue weighted by atomic mass is 32.2. The molecule has 0 spiro atoms. The monoisotopic (exact) mass is 412 g/mol. The molecular weight excluding hydrogens is 392 g/mol. The Morgan fingerprint density at radius 2 is 1.93 bits per heavy atom. The number of nitrogens with zero attached hydrogens (tertiary/aromatic N) is 2. The highest BCUT2D eigenvalue weighted by Crippen LogP contribution is 2.26. The van der Waals surface area contributed by atoms with Gasteiger partial charge in [0.25, 0.3) is 0 Å². The second-order valence-corrected chi connectivity index (χ2v) is 7.16. The topological polar surface area (TPSA) is 101 Å². The summed E-state index contributed by atoms with van der Waals surface area (Å²) in [6, 6.07) is 14.4. The number of hydrogen-bond acceptors (Lipinski definition) is 7. The number of amidine groups is 1. The third kappa shape index (κ3) is 5.58. The van der Waals surface area contributed by atoms with Crippen LogP contribution in [0.4, 0.5) is 5.69 Å². The van der Waals surface area contributed by atoms with E-state index in [1.54, 1.807) is 31.5 Å². The largest absolute Gasteiger partial charge is 0.497 e. The number of ether oxygens (including phenoxy) is 2. The van der Waals surface area contributed by atoms with Crippen molar-refractivity contribution in [1.29, 1.82) is 0 Å². The fraction of sp³-hybridized carbons (Fsp3) is 0.200. The van der Waals surface area contributed by atoms with Gasteiger partial charge in [0, 0.05) is 6.42 Å². The summed E-state index contributed by atoms with van der Waals surface area (Å²) in [6.07, 6.45) is 1.58. The summed E-state index contributed by atoms with van der Waals surface area (Å²) in [7, 11) is 3.13. The van der Waals surface area contributed by atoms with E-state index in [9.17, 15) is 9.59 Å². The average molecular weight is 412 g/mol. The molecule has 8 nitrogen and oxygen atoms in total. The predicted molar refractivity (Wildman–Crippen MR) is 114 cm³/mol. The van der Waals surface area contributed by atoms with Gasteiger partial charge in [-0.05, 0) is 42.0 Å². The molecule has 1 atom stereocenters. The van der Waals surface area contributed by atoms with Crippen molar-refractivity contribution in [3.8, 4) is 11.5 Å². The van der Waals surface area contributed by atoms with Crippen molar-refractivity contribution in [3.63, 3.8) is 0 Å². The number of nitrogens with one attached hydrogen (secondary N) is 2. The highest BCUT2D eigenvalue weighted by molar-refractivity contribution is 8.15. The molecule has 1 aliphatic rings. The SMILES string of the molecule is COc1ccc(/C=N\N=C2/NC(=O)[C@@H](CC(=O)Nc3ccccc3OC)S2)cc1. The van der Waals surface area contributed by atoms with Crippen molar-refractivity contribution >= 4 is 40.6 Å². The molecule has 0 bridgehead atoms. The smallest absolute Gasteiger partial charge is 0.240 e. The maximum Gasteiger partial charge on any atom is 0.240 e. The fourth-order valence-corrected chi connectivity index (χ4v) is 3.47. The summed E-state index contributed by atoms with van der Waals surface area (Å²) in [6.45, 7) is 0. The molecule has 150 valence electrons. The molecule has 0 unspecified atom stereocenters. The predicted octanol–water partition coefficient (Wildman–Crippen LogP) is 2.65. The number of thioether (sulfide) groups is 1. The summed E-state index contributed by atoms with van der Waals surface area (Å²) < 4.78 is 10.3. The van der Waals surface area contributed by atoms with Crippen LogP contribution in [0.3, 0.4) is 0 Å². The Labute approximate surface area is 172 Å². The molecule has 1 aliphatic heterocycles. The summed E-state index contributed by atoms with van der Waals surface area (Å²) in [5.74, 6) is 0.745. The first-order valence-corrected chi connectivity index (χ1v) is 9.62. The van der Waals surface area contributed by atoms with Gasteiger partial charge in [0.05, 0.1) is 26.1 Å². The number of carbonyl (C=O) groups excluding carboxylic acids is 2. The Bertz CT molecular complexity index is 944. The van der Waals surface area contributed by atoms with E-state index in [0.29, 0.717) is 16.6 Å². The van der Waals surface area contributed by atoms with Crippen LogP contribution < -0.4 is 20.1 Å². The van der Waals surface area contributed by atoms with Crippen molar-refractivity contribution in [2.75, 3.05) is 19.5 Å². The molecular formula is C20H20N4O4S. The number of methoxy groups -OCH3 is 2. The van der Waals surface area contributed by atoms with Crippen LogP contribution in [0.1, 0.15) is 12.0 Å². The quantitative estimate of drug-likeness (QED) is 0.538. The zero-order chi connectivity index (χ0) is 20.6. The van der Waals surface area contributed by atoms with Crippen LogP contribution in [0.15, 0.2) is 58.7 Å². The zero-order valence-corrected chi connectivity index (χ0v) is 16.7. The Morgan fingerprint density at radius 1 is 1.17 bits per heavy atom. The molecule has 0 aromatic heterocycles. The van der Waals surface area contributed by atoms with Crippen molar-refractivity contribution in [1.82, 2.24) is 5.32 Å². The summed E-state index contributed by atoms with van der Waals surface area (Å²) in [5.41, 5.74) is 1.40. The normalized spacial score (nSPS) is 17.4. The molecule has 9 heteroatoms. The van der Waals surface area contributed by atoms with Gasteiger partial charge in [-0.25, -0.2) is 0 Å². The van der Waals surface area contributed by atoms with Gasteiger partial charge in [-0.3, -0.25) is 9.59 Å². The van der Waals surface area contributed by atoms with Crippen molar-refractivity contribution in [3.05, 3.63) is 54.1 Å². The minimum Gasteiger partial charge on any atom is -0.497 e. The van der Waals surface area contributed by atoms with Crippen molar-refractivity contribution in [2.24, 2.45) is 10.2 Å². The molecule has 1 saturated heterocycles. The number of anilines is 1. The highest BCUT2D eigenvalue weighted by Gasteiger charge is 2.32. The van der Waals surface area contributed by atoms with Gasteiger partial charge in [0.1, 0.15) is 16.7 Å². The summed E-state index contributed by atoms with van der Waals surface area (Å²) in [4.78, 5) is 24.4. The maximum atomic E-state index is 12.3. The van der Waals surface area contributed by atoms with E-state index < -0.39 is 5.25 Å². The Balaban J connectivity index is 1.55. The fourth-order valence-electron chi connectivity index (χ4n) is 2.54. The number of hydrogen-bond donors (Lipinski definition) is 2. The van der Waals surface area contributed by atoms with Crippen LogP contribution in [0.5, 0.6) is 11.5 Å². The summed E-state index contributed by atoms with van der Waals surface area (Å²) >= 11 is 1.17. The van der Waals surface area contributed by atoms with Crippen molar-refractivity contribution < 1.29 is 19.1 Å². The number of rotatable bonds is 7. The van der Waals surface area contributed by atoms with Gasteiger partial charge in [-0.1, -0.05) is 23.9 Å². The van der Waals surface area contributed by atoms with E-state index in [1.807, 2.05) is 30.3 Å². The molecule has 1 heterocycles. The molecule has 29 heavy (non-hydrogen) atoms. The lowest BCUT2D eigenvalue weighted by molar-refractivity contribution is -0.122. The number of benzene rings is 2. The molecule has 0 radical (unpaired) electrons. The van der Waals surface area contributed by atoms with Crippen LogP contribution in [-0.2, 0) is 9.59 Å². The van der Waals surface area contributed by atoms with E-state index in [1.165, 1.54) is 18.9 Å². The van der Waals surface area contributed by atoms with Gasteiger partial charge in [0.2, 0.25) is 11.8 Å². The minimum atomic E-state index is -0.570. The molecule has 2 aromatic carbocycles. The Morgan fingerprint density at radius 3 is 2.66 bits per heavy atom. The molecule has 0 saturated carbocycles. The molecule has 2 amide bonds. The zero-order valence-electron chi connectivity index (χ0n) is 15.9. The molecule has 3 rings (SSSR count). The van der Waals surface area contributed by atoms with Gasteiger partial charge < -0.3 is 20.1 Å². The van der Waals surface area contributed by atoms with Gasteiger partial charge in [-0.2, -0.15) is 5.10 Å². The van der Waals surface area contributed by atoms with E-state index in [2.05, 4.69) is 20.8 Å². The average Bonchev–Trinajstić information content (AvgIpc) is 3.07. The minimum absolute atomic E-state index is 0.00969. The first-order chi connectivity index (χ1) is 14.1.